The summed E-state index contributed by atoms with van der Waals surface area (Å²) in [7, 11) is 1.77. The zero-order valence-electron chi connectivity index (χ0n) is 23.2. The summed E-state index contributed by atoms with van der Waals surface area (Å²) in [4.78, 5) is 16.8. The second-order valence-electron chi connectivity index (χ2n) is 10.3. The predicted molar refractivity (Wildman–Crippen MR) is 150 cm³/mol. The zero-order valence-corrected chi connectivity index (χ0v) is 23.2. The van der Waals surface area contributed by atoms with Crippen molar-refractivity contribution in [1.29, 1.82) is 0 Å². The van der Waals surface area contributed by atoms with Gasteiger partial charge >= 0.3 is 12.1 Å². The molecule has 1 fully saturated rings. The maximum Gasteiger partial charge on any atom is 0.434 e. The minimum atomic E-state index is -4.85. The third kappa shape index (κ3) is 6.05. The lowest BCUT2D eigenvalue weighted by Gasteiger charge is -2.28. The molecule has 1 aliphatic rings. The van der Waals surface area contributed by atoms with E-state index in [1.807, 2.05) is 25.1 Å². The third-order valence-corrected chi connectivity index (χ3v) is 7.64. The van der Waals surface area contributed by atoms with Crippen LogP contribution in [0.4, 0.5) is 13.2 Å². The van der Waals surface area contributed by atoms with Gasteiger partial charge < -0.3 is 9.47 Å². The SMILES string of the molecule is CCOC(=O)c1cnn(-c2cccc(-c3cc(C)ccc3-c3ccc([C@H]4CC[C@H](OC)CC4)cc3)n2)c1C(F)(F)F. The highest BCUT2D eigenvalue weighted by Gasteiger charge is 2.41. The van der Waals surface area contributed by atoms with Crippen LogP contribution in [-0.4, -0.2) is 40.6 Å². The first-order valence-corrected chi connectivity index (χ1v) is 13.7. The van der Waals surface area contributed by atoms with E-state index in [0.717, 1.165) is 54.1 Å². The summed E-state index contributed by atoms with van der Waals surface area (Å²) in [6.07, 6.45) is 0.660. The molecule has 1 saturated carbocycles. The van der Waals surface area contributed by atoms with Crippen LogP contribution in [-0.2, 0) is 15.7 Å². The number of rotatable bonds is 7. The van der Waals surface area contributed by atoms with Gasteiger partial charge in [-0.1, -0.05) is 48.0 Å². The number of aryl methyl sites for hydroxylation is 1. The van der Waals surface area contributed by atoms with Gasteiger partial charge in [0, 0.05) is 12.7 Å². The molecule has 214 valence electrons. The van der Waals surface area contributed by atoms with Gasteiger partial charge in [0.25, 0.3) is 0 Å². The maximum absolute atomic E-state index is 14.1. The standard InChI is InChI=1S/C32H32F3N3O3/c1-4-41-31(39)27-19-36-38(30(27)32(33,34)35)29-7-5-6-28(37-29)26-18-20(2)8-17-25(26)23-11-9-21(10-12-23)22-13-15-24(40-3)16-14-22/h5-12,17-19,22,24H,4,13-16H2,1-3H3/t22-,24-. The van der Waals surface area contributed by atoms with E-state index in [9.17, 15) is 18.0 Å². The number of carbonyl (C=O) groups excluding carboxylic acids is 1. The summed E-state index contributed by atoms with van der Waals surface area (Å²) in [5, 5.41) is 3.88. The van der Waals surface area contributed by atoms with Crippen LogP contribution in [0.5, 0.6) is 0 Å². The number of halogens is 3. The topological polar surface area (TPSA) is 66.2 Å². The first kappa shape index (κ1) is 28.5. The number of carbonyl (C=O) groups is 1. The van der Waals surface area contributed by atoms with Crippen molar-refractivity contribution in [3.8, 4) is 28.2 Å². The van der Waals surface area contributed by atoms with E-state index in [1.54, 1.807) is 19.2 Å². The van der Waals surface area contributed by atoms with Gasteiger partial charge in [-0.15, -0.1) is 0 Å². The molecule has 41 heavy (non-hydrogen) atoms. The van der Waals surface area contributed by atoms with Crippen molar-refractivity contribution >= 4 is 5.97 Å². The van der Waals surface area contributed by atoms with Gasteiger partial charge in [-0.3, -0.25) is 0 Å². The molecule has 2 aromatic heterocycles. The molecule has 0 unspecified atom stereocenters. The molecule has 0 spiro atoms. The second-order valence-corrected chi connectivity index (χ2v) is 10.3. The van der Waals surface area contributed by atoms with Crippen molar-refractivity contribution in [3.63, 3.8) is 0 Å². The number of benzene rings is 2. The predicted octanol–water partition coefficient (Wildman–Crippen LogP) is 7.78. The van der Waals surface area contributed by atoms with Crippen LogP contribution < -0.4 is 0 Å². The van der Waals surface area contributed by atoms with Crippen molar-refractivity contribution in [2.45, 2.75) is 57.7 Å². The van der Waals surface area contributed by atoms with Crippen LogP contribution in [0.2, 0.25) is 0 Å². The molecular weight excluding hydrogens is 531 g/mol. The summed E-state index contributed by atoms with van der Waals surface area (Å²) in [5.74, 6) is -0.638. The highest BCUT2D eigenvalue weighted by Crippen LogP contribution is 2.38. The molecule has 0 atom stereocenters. The minimum absolute atomic E-state index is 0.0545. The van der Waals surface area contributed by atoms with Crippen LogP contribution in [0.15, 0.2) is 66.9 Å². The first-order valence-electron chi connectivity index (χ1n) is 13.7. The van der Waals surface area contributed by atoms with E-state index >= 15 is 0 Å². The molecule has 2 aromatic carbocycles. The normalized spacial score (nSPS) is 17.4. The highest BCUT2D eigenvalue weighted by atomic mass is 19.4. The zero-order chi connectivity index (χ0) is 29.1. The number of alkyl halides is 3. The molecule has 0 aliphatic heterocycles. The van der Waals surface area contributed by atoms with E-state index in [2.05, 4.69) is 34.3 Å². The molecule has 0 bridgehead atoms. The monoisotopic (exact) mass is 563 g/mol. The summed E-state index contributed by atoms with van der Waals surface area (Å²) in [5.41, 5.74) is 3.59. The molecule has 4 aromatic rings. The fraction of sp³-hybridized carbons (Fsp3) is 0.344. The highest BCUT2D eigenvalue weighted by molar-refractivity contribution is 5.91. The Hall–Kier alpha value is -3.98. The smallest absolute Gasteiger partial charge is 0.434 e. The fourth-order valence-corrected chi connectivity index (χ4v) is 5.53. The molecule has 0 amide bonds. The maximum atomic E-state index is 14.1. The van der Waals surface area contributed by atoms with Gasteiger partial charge in [0.05, 0.1) is 24.6 Å². The Morgan fingerprint density at radius 1 is 1.00 bits per heavy atom. The molecular formula is C32H32F3N3O3. The Balaban J connectivity index is 1.51. The van der Waals surface area contributed by atoms with E-state index in [-0.39, 0.29) is 12.4 Å². The summed E-state index contributed by atoms with van der Waals surface area (Å²) >= 11 is 0. The Morgan fingerprint density at radius 3 is 2.39 bits per heavy atom. The molecule has 2 heterocycles. The Morgan fingerprint density at radius 2 is 1.73 bits per heavy atom. The van der Waals surface area contributed by atoms with Crippen LogP contribution in [0, 0.1) is 6.92 Å². The van der Waals surface area contributed by atoms with Gasteiger partial charge in [0.1, 0.15) is 5.56 Å². The average Bonchev–Trinajstić information content (AvgIpc) is 3.44. The number of nitrogens with zero attached hydrogens (tertiary/aromatic N) is 3. The third-order valence-electron chi connectivity index (χ3n) is 7.64. The van der Waals surface area contributed by atoms with E-state index < -0.39 is 23.4 Å². The Bertz CT molecular complexity index is 1520. The van der Waals surface area contributed by atoms with Gasteiger partial charge in [-0.05, 0) is 80.3 Å². The number of methoxy groups -OCH3 is 1. The lowest BCUT2D eigenvalue weighted by atomic mass is 9.82. The van der Waals surface area contributed by atoms with Crippen LogP contribution >= 0.6 is 0 Å². The van der Waals surface area contributed by atoms with Crippen molar-refractivity contribution in [1.82, 2.24) is 14.8 Å². The van der Waals surface area contributed by atoms with E-state index in [0.29, 0.717) is 22.4 Å². The largest absolute Gasteiger partial charge is 0.462 e. The Kier molecular flexibility index (Phi) is 8.26. The van der Waals surface area contributed by atoms with Gasteiger partial charge in [-0.25, -0.2) is 14.5 Å². The van der Waals surface area contributed by atoms with Crippen molar-refractivity contribution < 1.29 is 27.4 Å². The van der Waals surface area contributed by atoms with E-state index in [1.165, 1.54) is 18.6 Å². The van der Waals surface area contributed by atoms with E-state index in [4.69, 9.17) is 9.47 Å². The van der Waals surface area contributed by atoms with Crippen molar-refractivity contribution in [3.05, 3.63) is 89.2 Å². The lowest BCUT2D eigenvalue weighted by Crippen LogP contribution is -2.19. The fourth-order valence-electron chi connectivity index (χ4n) is 5.53. The number of pyridine rings is 1. The molecule has 6 nitrogen and oxygen atoms in total. The number of hydrogen-bond donors (Lipinski definition) is 0. The number of aromatic nitrogens is 3. The van der Waals surface area contributed by atoms with Gasteiger partial charge in [0.15, 0.2) is 11.5 Å². The van der Waals surface area contributed by atoms with Crippen LogP contribution in [0.1, 0.15) is 65.7 Å². The number of hydrogen-bond acceptors (Lipinski definition) is 5. The quantitative estimate of drug-likeness (QED) is 0.215. The summed E-state index contributed by atoms with van der Waals surface area (Å²) < 4.78 is 53.3. The Labute approximate surface area is 237 Å². The molecule has 9 heteroatoms. The molecule has 0 N–H and O–H groups in total. The van der Waals surface area contributed by atoms with Crippen LogP contribution in [0.3, 0.4) is 0 Å². The molecule has 1 aliphatic carbocycles. The minimum Gasteiger partial charge on any atom is -0.462 e. The van der Waals surface area contributed by atoms with Crippen LogP contribution in [0.25, 0.3) is 28.2 Å². The van der Waals surface area contributed by atoms with Gasteiger partial charge in [-0.2, -0.15) is 18.3 Å². The summed E-state index contributed by atoms with van der Waals surface area (Å²) in [6, 6.07) is 19.3. The first-order chi connectivity index (χ1) is 19.7. The number of ether oxygens (including phenoxy) is 2. The van der Waals surface area contributed by atoms with Crippen molar-refractivity contribution in [2.24, 2.45) is 0 Å². The molecule has 0 radical (unpaired) electrons. The van der Waals surface area contributed by atoms with Crippen molar-refractivity contribution in [2.75, 3.05) is 13.7 Å². The lowest BCUT2D eigenvalue weighted by molar-refractivity contribution is -0.143. The number of esters is 1. The van der Waals surface area contributed by atoms with Gasteiger partial charge in [0.2, 0.25) is 0 Å². The second kappa shape index (κ2) is 11.9. The average molecular weight is 564 g/mol. The molecule has 0 saturated heterocycles. The molecule has 5 rings (SSSR count). The summed E-state index contributed by atoms with van der Waals surface area (Å²) in [6.45, 7) is 3.43.